The van der Waals surface area contributed by atoms with Gasteiger partial charge in [0.15, 0.2) is 0 Å². The third-order valence-corrected chi connectivity index (χ3v) is 4.86. The van der Waals surface area contributed by atoms with E-state index in [2.05, 4.69) is 25.5 Å². The van der Waals surface area contributed by atoms with Gasteiger partial charge in [-0.3, -0.25) is 4.68 Å². The maximum absolute atomic E-state index is 6.13. The van der Waals surface area contributed by atoms with Crippen LogP contribution in [0.1, 0.15) is 6.04 Å². The number of aromatic nitrogens is 6. The summed E-state index contributed by atoms with van der Waals surface area (Å²) >= 11 is 0. The van der Waals surface area contributed by atoms with Gasteiger partial charge >= 0.3 is 0 Å². The molecule has 2 atom stereocenters. The molecule has 2 aliphatic rings. The lowest BCUT2D eigenvalue weighted by Crippen LogP contribution is -2.27. The molecular weight excluding hydrogens is 334 g/mol. The zero-order chi connectivity index (χ0) is 17.3. The van der Waals surface area contributed by atoms with Crippen molar-refractivity contribution in [1.29, 1.82) is 0 Å². The lowest BCUT2D eigenvalue weighted by Gasteiger charge is -2.19. The summed E-state index contributed by atoms with van der Waals surface area (Å²) in [6.07, 6.45) is 3.71. The molecule has 4 heterocycles. The number of rotatable bonds is 3. The van der Waals surface area contributed by atoms with Gasteiger partial charge in [-0.15, -0.1) is 0 Å². The van der Waals surface area contributed by atoms with Crippen LogP contribution in [0.3, 0.4) is 0 Å². The van der Waals surface area contributed by atoms with E-state index in [1.165, 1.54) is 0 Å². The Bertz CT molecular complexity index is 835. The third-order valence-electron chi connectivity index (χ3n) is 4.86. The molecule has 0 aliphatic carbocycles. The van der Waals surface area contributed by atoms with E-state index in [-0.39, 0.29) is 18.2 Å². The van der Waals surface area contributed by atoms with Crippen molar-refractivity contribution in [2.24, 2.45) is 0 Å². The van der Waals surface area contributed by atoms with Gasteiger partial charge in [-0.2, -0.15) is 9.78 Å². The fourth-order valence-corrected chi connectivity index (χ4v) is 3.51. The van der Waals surface area contributed by atoms with Crippen LogP contribution in [0.15, 0.2) is 48.8 Å². The first kappa shape index (κ1) is 15.5. The largest absolute Gasteiger partial charge is 0.371 e. The first-order valence-electron chi connectivity index (χ1n) is 8.69. The van der Waals surface area contributed by atoms with E-state index < -0.39 is 0 Å². The number of fused-ring (bicyclic) bond motifs is 1. The van der Waals surface area contributed by atoms with E-state index >= 15 is 0 Å². The Labute approximate surface area is 150 Å². The molecule has 0 radical (unpaired) electrons. The molecule has 0 bridgehead atoms. The molecule has 0 unspecified atom stereocenters. The van der Waals surface area contributed by atoms with Gasteiger partial charge in [-0.1, -0.05) is 23.3 Å². The van der Waals surface area contributed by atoms with Gasteiger partial charge in [-0.25, -0.2) is 0 Å². The van der Waals surface area contributed by atoms with E-state index in [0.29, 0.717) is 32.3 Å². The van der Waals surface area contributed by atoms with Crippen LogP contribution in [-0.4, -0.2) is 68.5 Å². The van der Waals surface area contributed by atoms with Crippen molar-refractivity contribution >= 4 is 5.95 Å². The SMILES string of the molecule is c1ccc(-n2nnnc2N2C[C@@H]3OCC(n4cccn4)CO[C@H]3C2)cc1. The molecule has 2 saturated heterocycles. The summed E-state index contributed by atoms with van der Waals surface area (Å²) in [5.74, 6) is 0.708. The monoisotopic (exact) mass is 353 g/mol. The molecule has 26 heavy (non-hydrogen) atoms. The standard InChI is InChI=1S/C17H19N7O2/c1-2-5-13(6-3-1)24-17(19-20-21-24)22-9-15-16(10-22)26-12-14(11-25-15)23-8-4-7-18-23/h1-8,14-16H,9-12H2/t15-,16-/m0/s1. The van der Waals surface area contributed by atoms with Crippen LogP contribution in [0.2, 0.25) is 0 Å². The Kier molecular flexibility index (Phi) is 3.87. The Balaban J connectivity index is 1.32. The predicted molar refractivity (Wildman–Crippen MR) is 92.1 cm³/mol. The second-order valence-corrected chi connectivity index (χ2v) is 6.51. The summed E-state index contributed by atoms with van der Waals surface area (Å²) in [5.41, 5.74) is 0.931. The van der Waals surface area contributed by atoms with Crippen LogP contribution in [0.25, 0.3) is 5.69 Å². The Morgan fingerprint density at radius 3 is 2.42 bits per heavy atom. The number of hydrogen-bond acceptors (Lipinski definition) is 7. The molecule has 2 aromatic heterocycles. The summed E-state index contributed by atoms with van der Waals surface area (Å²) < 4.78 is 15.9. The third kappa shape index (κ3) is 2.74. The van der Waals surface area contributed by atoms with Gasteiger partial charge in [0.25, 0.3) is 5.95 Å². The molecule has 0 amide bonds. The molecule has 3 aromatic rings. The van der Waals surface area contributed by atoms with Crippen LogP contribution >= 0.6 is 0 Å². The summed E-state index contributed by atoms with van der Waals surface area (Å²) in [6.45, 7) is 2.56. The predicted octanol–water partition coefficient (Wildman–Crippen LogP) is 0.704. The molecule has 5 rings (SSSR count). The average Bonchev–Trinajstić information content (AvgIpc) is 3.42. The first-order valence-corrected chi connectivity index (χ1v) is 8.69. The van der Waals surface area contributed by atoms with E-state index in [1.807, 2.05) is 47.3 Å². The highest BCUT2D eigenvalue weighted by Gasteiger charge is 2.39. The fraction of sp³-hybridized carbons (Fsp3) is 0.412. The molecule has 2 aliphatic heterocycles. The van der Waals surface area contributed by atoms with E-state index in [0.717, 1.165) is 5.69 Å². The van der Waals surface area contributed by atoms with Crippen LogP contribution in [0, 0.1) is 0 Å². The molecule has 134 valence electrons. The van der Waals surface area contributed by atoms with Gasteiger partial charge in [0, 0.05) is 25.5 Å². The highest BCUT2D eigenvalue weighted by molar-refractivity contribution is 5.42. The van der Waals surface area contributed by atoms with E-state index in [1.54, 1.807) is 10.9 Å². The topological polar surface area (TPSA) is 83.1 Å². The normalized spacial score (nSPS) is 23.8. The number of benzene rings is 1. The molecule has 9 nitrogen and oxygen atoms in total. The lowest BCUT2D eigenvalue weighted by molar-refractivity contribution is -0.00461. The highest BCUT2D eigenvalue weighted by Crippen LogP contribution is 2.27. The van der Waals surface area contributed by atoms with Gasteiger partial charge < -0.3 is 14.4 Å². The second-order valence-electron chi connectivity index (χ2n) is 6.51. The van der Waals surface area contributed by atoms with Gasteiger partial charge in [0.1, 0.15) is 12.2 Å². The summed E-state index contributed by atoms with van der Waals surface area (Å²) in [7, 11) is 0. The molecule has 0 saturated carbocycles. The van der Waals surface area contributed by atoms with Crippen molar-refractivity contribution < 1.29 is 9.47 Å². The quantitative estimate of drug-likeness (QED) is 0.685. The van der Waals surface area contributed by atoms with Crippen LogP contribution < -0.4 is 4.90 Å². The second kappa shape index (κ2) is 6.50. The van der Waals surface area contributed by atoms with Crippen molar-refractivity contribution in [2.75, 3.05) is 31.2 Å². The minimum atomic E-state index is -0.00325. The van der Waals surface area contributed by atoms with Crippen molar-refractivity contribution in [3.63, 3.8) is 0 Å². The Morgan fingerprint density at radius 1 is 0.962 bits per heavy atom. The molecule has 0 spiro atoms. The minimum Gasteiger partial charge on any atom is -0.371 e. The van der Waals surface area contributed by atoms with E-state index in [4.69, 9.17) is 9.47 Å². The van der Waals surface area contributed by atoms with E-state index in [9.17, 15) is 0 Å². The van der Waals surface area contributed by atoms with Gasteiger partial charge in [0.2, 0.25) is 0 Å². The summed E-state index contributed by atoms with van der Waals surface area (Å²) in [6, 6.07) is 11.9. The smallest absolute Gasteiger partial charge is 0.250 e. The van der Waals surface area contributed by atoms with Crippen molar-refractivity contribution in [1.82, 2.24) is 30.0 Å². The molecule has 0 N–H and O–H groups in total. The number of ether oxygens (including phenoxy) is 2. The number of hydrogen-bond donors (Lipinski definition) is 0. The number of anilines is 1. The number of nitrogens with zero attached hydrogens (tertiary/aromatic N) is 7. The molecular formula is C17H19N7O2. The zero-order valence-electron chi connectivity index (χ0n) is 14.1. The molecule has 1 aromatic carbocycles. The number of para-hydroxylation sites is 1. The van der Waals surface area contributed by atoms with Gasteiger partial charge in [0.05, 0.1) is 24.9 Å². The van der Waals surface area contributed by atoms with Crippen LogP contribution in [0.5, 0.6) is 0 Å². The highest BCUT2D eigenvalue weighted by atomic mass is 16.6. The van der Waals surface area contributed by atoms with Crippen molar-refractivity contribution in [2.45, 2.75) is 18.2 Å². The van der Waals surface area contributed by atoms with Crippen LogP contribution in [-0.2, 0) is 9.47 Å². The minimum absolute atomic E-state index is 0.00325. The number of tetrazole rings is 1. The summed E-state index contributed by atoms with van der Waals surface area (Å²) in [5, 5.41) is 16.5. The van der Waals surface area contributed by atoms with Gasteiger partial charge in [-0.05, 0) is 28.6 Å². The zero-order valence-corrected chi connectivity index (χ0v) is 14.1. The average molecular weight is 353 g/mol. The first-order chi connectivity index (χ1) is 12.9. The van der Waals surface area contributed by atoms with Crippen LogP contribution in [0.4, 0.5) is 5.95 Å². The fourth-order valence-electron chi connectivity index (χ4n) is 3.51. The lowest BCUT2D eigenvalue weighted by atomic mass is 10.3. The van der Waals surface area contributed by atoms with Crippen molar-refractivity contribution in [3.8, 4) is 5.69 Å². The van der Waals surface area contributed by atoms with Crippen molar-refractivity contribution in [3.05, 3.63) is 48.8 Å². The molecule has 2 fully saturated rings. The molecule has 9 heteroatoms. The Morgan fingerprint density at radius 2 is 1.73 bits per heavy atom. The summed E-state index contributed by atoms with van der Waals surface area (Å²) in [4.78, 5) is 2.12. The maximum atomic E-state index is 6.13. The maximum Gasteiger partial charge on any atom is 0.250 e. The Hall–Kier alpha value is -2.78.